The van der Waals surface area contributed by atoms with Crippen LogP contribution in [0, 0.1) is 0 Å². The number of nitrogens with two attached hydrogens (primary N) is 1. The summed E-state index contributed by atoms with van der Waals surface area (Å²) in [6.07, 6.45) is 0. The number of benzene rings is 2. The molecule has 0 bridgehead atoms. The molecule has 4 nitrogen and oxygen atoms in total. The molecule has 0 radical (unpaired) electrons. The second-order valence-electron chi connectivity index (χ2n) is 6.07. The minimum Gasteiger partial charge on any atom is -0.497 e. The predicted molar refractivity (Wildman–Crippen MR) is 89.0 cm³/mol. The third-order valence-corrected chi connectivity index (χ3v) is 4.31. The monoisotopic (exact) mass is 295 g/mol. The average molecular weight is 295 g/mol. The molecular formula is C18H21N3O. The molecule has 0 fully saturated rings. The molecule has 1 unspecified atom stereocenters. The van der Waals surface area contributed by atoms with Crippen molar-refractivity contribution in [3.8, 4) is 5.75 Å². The molecule has 0 spiro atoms. The molecule has 0 aliphatic carbocycles. The number of rotatable bonds is 4. The first kappa shape index (κ1) is 14.6. The Bertz CT molecular complexity index is 741. The summed E-state index contributed by atoms with van der Waals surface area (Å²) in [4.78, 5) is 7.97. The summed E-state index contributed by atoms with van der Waals surface area (Å²) in [5, 5.41) is 0. The Balaban J connectivity index is 1.95. The lowest BCUT2D eigenvalue weighted by molar-refractivity contribution is 0.401. The highest BCUT2D eigenvalue weighted by atomic mass is 16.5. The molecule has 114 valence electrons. The number of nitrogens with one attached hydrogen (secondary N) is 1. The van der Waals surface area contributed by atoms with Crippen molar-refractivity contribution in [3.63, 3.8) is 0 Å². The van der Waals surface area contributed by atoms with Gasteiger partial charge in [0.1, 0.15) is 11.6 Å². The highest BCUT2D eigenvalue weighted by Gasteiger charge is 2.31. The predicted octanol–water partition coefficient (Wildman–Crippen LogP) is 3.55. The van der Waals surface area contributed by atoms with Crippen molar-refractivity contribution in [2.24, 2.45) is 5.73 Å². The molecule has 1 aromatic heterocycles. The number of hydrogen-bond acceptors (Lipinski definition) is 3. The van der Waals surface area contributed by atoms with Crippen LogP contribution in [0.3, 0.4) is 0 Å². The molecule has 22 heavy (non-hydrogen) atoms. The summed E-state index contributed by atoms with van der Waals surface area (Å²) in [7, 11) is 1.67. The van der Waals surface area contributed by atoms with Crippen LogP contribution in [0.2, 0.25) is 0 Å². The zero-order valence-electron chi connectivity index (χ0n) is 13.1. The Labute approximate surface area is 130 Å². The Morgan fingerprint density at radius 3 is 2.41 bits per heavy atom. The lowest BCUT2D eigenvalue weighted by Crippen LogP contribution is -2.34. The third-order valence-electron chi connectivity index (χ3n) is 4.31. The topological polar surface area (TPSA) is 63.9 Å². The van der Waals surface area contributed by atoms with Crippen molar-refractivity contribution in [3.05, 3.63) is 59.9 Å². The number of fused-ring (bicyclic) bond motifs is 1. The van der Waals surface area contributed by atoms with E-state index in [0.717, 1.165) is 28.2 Å². The van der Waals surface area contributed by atoms with Gasteiger partial charge in [-0.25, -0.2) is 4.98 Å². The first-order valence-electron chi connectivity index (χ1n) is 7.37. The maximum absolute atomic E-state index is 6.51. The first-order chi connectivity index (χ1) is 10.5. The molecule has 3 N–H and O–H groups in total. The van der Waals surface area contributed by atoms with Crippen molar-refractivity contribution in [1.82, 2.24) is 9.97 Å². The van der Waals surface area contributed by atoms with Crippen LogP contribution in [-0.4, -0.2) is 17.1 Å². The minimum atomic E-state index is -0.250. The Morgan fingerprint density at radius 2 is 1.77 bits per heavy atom. The normalized spacial score (nSPS) is 13.3. The number of methoxy groups -OCH3 is 1. The van der Waals surface area contributed by atoms with Gasteiger partial charge in [-0.15, -0.1) is 0 Å². The maximum Gasteiger partial charge on any atom is 0.125 e. The molecule has 4 heteroatoms. The number of H-pyrrole nitrogens is 1. The third kappa shape index (κ3) is 2.46. The molecule has 3 aromatic rings. The molecule has 0 aliphatic rings. The number of aromatic nitrogens is 2. The summed E-state index contributed by atoms with van der Waals surface area (Å²) < 4.78 is 5.22. The Kier molecular flexibility index (Phi) is 3.62. The minimum absolute atomic E-state index is 0.228. The van der Waals surface area contributed by atoms with Crippen molar-refractivity contribution in [2.75, 3.05) is 7.11 Å². The standard InChI is InChI=1S/C18H21N3O/c1-18(2,12-8-10-13(22-3)11-9-12)16(19)17-20-14-6-4-5-7-15(14)21-17/h4-11,16H,19H2,1-3H3,(H,20,21). The van der Waals surface area contributed by atoms with Gasteiger partial charge in [0.2, 0.25) is 0 Å². The van der Waals surface area contributed by atoms with E-state index in [4.69, 9.17) is 10.5 Å². The molecule has 1 heterocycles. The van der Waals surface area contributed by atoms with Crippen LogP contribution < -0.4 is 10.5 Å². The number of nitrogens with zero attached hydrogens (tertiary/aromatic N) is 1. The summed E-state index contributed by atoms with van der Waals surface area (Å²) in [5.74, 6) is 1.65. The molecular weight excluding hydrogens is 274 g/mol. The van der Waals surface area contributed by atoms with Gasteiger partial charge in [-0.2, -0.15) is 0 Å². The van der Waals surface area contributed by atoms with E-state index in [0.29, 0.717) is 0 Å². The Hall–Kier alpha value is -2.33. The number of ether oxygens (including phenoxy) is 1. The van der Waals surface area contributed by atoms with Gasteiger partial charge in [0.15, 0.2) is 0 Å². The number of para-hydroxylation sites is 2. The van der Waals surface area contributed by atoms with E-state index < -0.39 is 0 Å². The van der Waals surface area contributed by atoms with Crippen LogP contribution in [-0.2, 0) is 5.41 Å². The number of aromatic amines is 1. The molecule has 2 aromatic carbocycles. The van der Waals surface area contributed by atoms with Crippen LogP contribution >= 0.6 is 0 Å². The van der Waals surface area contributed by atoms with Gasteiger partial charge in [0.05, 0.1) is 24.2 Å². The van der Waals surface area contributed by atoms with E-state index in [1.165, 1.54) is 0 Å². The molecule has 3 rings (SSSR count). The van der Waals surface area contributed by atoms with Gasteiger partial charge in [-0.3, -0.25) is 0 Å². The van der Waals surface area contributed by atoms with Crippen LogP contribution in [0.15, 0.2) is 48.5 Å². The van der Waals surface area contributed by atoms with Crippen molar-refractivity contribution in [1.29, 1.82) is 0 Å². The first-order valence-corrected chi connectivity index (χ1v) is 7.37. The Morgan fingerprint density at radius 1 is 1.09 bits per heavy atom. The van der Waals surface area contributed by atoms with Crippen LogP contribution in [0.4, 0.5) is 0 Å². The highest BCUT2D eigenvalue weighted by Crippen LogP contribution is 2.35. The summed E-state index contributed by atoms with van der Waals surface area (Å²) in [5.41, 5.74) is 9.37. The van der Waals surface area contributed by atoms with Gasteiger partial charge >= 0.3 is 0 Å². The SMILES string of the molecule is COc1ccc(C(C)(C)C(N)c2nc3ccccc3[nH]2)cc1. The van der Waals surface area contributed by atoms with E-state index in [1.54, 1.807) is 7.11 Å². The van der Waals surface area contributed by atoms with E-state index in [2.05, 4.69) is 35.9 Å². The van der Waals surface area contributed by atoms with Crippen LogP contribution in [0.25, 0.3) is 11.0 Å². The van der Waals surface area contributed by atoms with Crippen molar-refractivity contribution in [2.45, 2.75) is 25.3 Å². The zero-order valence-corrected chi connectivity index (χ0v) is 13.1. The maximum atomic E-state index is 6.51. The second kappa shape index (κ2) is 5.46. The fourth-order valence-corrected chi connectivity index (χ4v) is 2.66. The van der Waals surface area contributed by atoms with E-state index >= 15 is 0 Å². The lowest BCUT2D eigenvalue weighted by atomic mass is 9.78. The second-order valence-corrected chi connectivity index (χ2v) is 6.07. The van der Waals surface area contributed by atoms with Gasteiger partial charge < -0.3 is 15.5 Å². The molecule has 1 atom stereocenters. The van der Waals surface area contributed by atoms with Gasteiger partial charge in [-0.1, -0.05) is 38.1 Å². The van der Waals surface area contributed by atoms with Gasteiger partial charge in [0, 0.05) is 5.41 Å². The summed E-state index contributed by atoms with van der Waals surface area (Å²) in [6, 6.07) is 15.8. The average Bonchev–Trinajstić information content (AvgIpc) is 2.98. The molecule has 0 saturated carbocycles. The largest absolute Gasteiger partial charge is 0.497 e. The number of imidazole rings is 1. The molecule has 0 amide bonds. The van der Waals surface area contributed by atoms with Crippen molar-refractivity contribution < 1.29 is 4.74 Å². The molecule has 0 aliphatic heterocycles. The van der Waals surface area contributed by atoms with Gasteiger partial charge in [-0.05, 0) is 29.8 Å². The summed E-state index contributed by atoms with van der Waals surface area (Å²) in [6.45, 7) is 4.26. The van der Waals surface area contributed by atoms with E-state index in [1.807, 2.05) is 36.4 Å². The zero-order chi connectivity index (χ0) is 15.7. The van der Waals surface area contributed by atoms with Crippen LogP contribution in [0.5, 0.6) is 5.75 Å². The van der Waals surface area contributed by atoms with E-state index in [9.17, 15) is 0 Å². The van der Waals surface area contributed by atoms with Crippen LogP contribution in [0.1, 0.15) is 31.3 Å². The fraction of sp³-hybridized carbons (Fsp3) is 0.278. The van der Waals surface area contributed by atoms with E-state index in [-0.39, 0.29) is 11.5 Å². The fourth-order valence-electron chi connectivity index (χ4n) is 2.66. The summed E-state index contributed by atoms with van der Waals surface area (Å²) >= 11 is 0. The molecule has 0 saturated heterocycles. The van der Waals surface area contributed by atoms with Crippen molar-refractivity contribution >= 4 is 11.0 Å². The lowest BCUT2D eigenvalue weighted by Gasteiger charge is -2.31. The quantitative estimate of drug-likeness (QED) is 0.773. The van der Waals surface area contributed by atoms with Gasteiger partial charge in [0.25, 0.3) is 0 Å². The smallest absolute Gasteiger partial charge is 0.125 e. The highest BCUT2D eigenvalue weighted by molar-refractivity contribution is 5.74. The number of hydrogen-bond donors (Lipinski definition) is 2.